The van der Waals surface area contributed by atoms with Crippen molar-refractivity contribution in [3.63, 3.8) is 0 Å². The molecule has 1 aliphatic rings. The minimum absolute atomic E-state index is 0.106. The number of hydrogen-bond acceptors (Lipinski definition) is 4. The molecule has 2 rings (SSSR count). The largest absolute Gasteiger partial charge is 0.480 e. The zero-order valence-corrected chi connectivity index (χ0v) is 12.9. The Kier molecular flexibility index (Phi) is 6.09. The first-order valence-electron chi connectivity index (χ1n) is 7.16. The number of ether oxygens (including phenoxy) is 1. The van der Waals surface area contributed by atoms with Gasteiger partial charge in [0.05, 0.1) is 10.8 Å². The van der Waals surface area contributed by atoms with Crippen molar-refractivity contribution in [1.29, 1.82) is 0 Å². The topological polar surface area (TPSA) is 92.7 Å². The predicted octanol–water partition coefficient (Wildman–Crippen LogP) is 0.933. The summed E-state index contributed by atoms with van der Waals surface area (Å²) in [7, 11) is -1.28. The van der Waals surface area contributed by atoms with Crippen molar-refractivity contribution in [2.24, 2.45) is 0 Å². The third kappa shape index (κ3) is 4.64. The van der Waals surface area contributed by atoms with Gasteiger partial charge in [0.15, 0.2) is 0 Å². The Morgan fingerprint density at radius 1 is 1.36 bits per heavy atom. The van der Waals surface area contributed by atoms with E-state index in [1.165, 1.54) is 0 Å². The van der Waals surface area contributed by atoms with E-state index in [9.17, 15) is 18.9 Å². The molecule has 0 bridgehead atoms. The normalized spacial score (nSPS) is 20.3. The second kappa shape index (κ2) is 8.05. The standard InChI is InChI=1S/C15H19NO5S/c17-14(13-7-4-9-21-13)16-12(15(18)19)8-10-22(20)11-5-2-1-3-6-11/h1-3,5-6,12-13H,4,7-10H2,(H,16,17)(H,18,19)/t12-,13-,22+/m0/s1. The number of carbonyl (C=O) groups is 2. The summed E-state index contributed by atoms with van der Waals surface area (Å²) >= 11 is 0. The number of hydrogen-bond donors (Lipinski definition) is 2. The van der Waals surface area contributed by atoms with E-state index in [1.54, 1.807) is 24.3 Å². The number of rotatable bonds is 7. The van der Waals surface area contributed by atoms with Gasteiger partial charge in [0.1, 0.15) is 12.1 Å². The molecule has 0 spiro atoms. The van der Waals surface area contributed by atoms with Crippen LogP contribution in [0.1, 0.15) is 19.3 Å². The van der Waals surface area contributed by atoms with Crippen molar-refractivity contribution >= 4 is 22.7 Å². The monoisotopic (exact) mass is 325 g/mol. The molecule has 0 saturated carbocycles. The van der Waals surface area contributed by atoms with Crippen molar-refractivity contribution in [3.05, 3.63) is 30.3 Å². The maximum Gasteiger partial charge on any atom is 0.326 e. The van der Waals surface area contributed by atoms with E-state index in [2.05, 4.69) is 5.32 Å². The number of carbonyl (C=O) groups excluding carboxylic acids is 1. The minimum Gasteiger partial charge on any atom is -0.480 e. The Labute approximate surface area is 131 Å². The number of aliphatic carboxylic acids is 1. The zero-order valence-electron chi connectivity index (χ0n) is 12.1. The Morgan fingerprint density at radius 2 is 2.09 bits per heavy atom. The molecule has 0 unspecified atom stereocenters. The predicted molar refractivity (Wildman–Crippen MR) is 80.9 cm³/mol. The van der Waals surface area contributed by atoms with Crippen LogP contribution in [0.25, 0.3) is 0 Å². The second-order valence-corrected chi connectivity index (χ2v) is 6.62. The first-order chi connectivity index (χ1) is 10.6. The molecule has 1 aromatic rings. The summed E-state index contributed by atoms with van der Waals surface area (Å²) in [4.78, 5) is 23.8. The molecule has 1 saturated heterocycles. The van der Waals surface area contributed by atoms with Crippen LogP contribution in [0.5, 0.6) is 0 Å². The fourth-order valence-electron chi connectivity index (χ4n) is 2.22. The number of benzene rings is 1. The van der Waals surface area contributed by atoms with Crippen molar-refractivity contribution in [2.45, 2.75) is 36.3 Å². The average Bonchev–Trinajstić information content (AvgIpc) is 3.06. The SMILES string of the molecule is O=C(O)[C@H](CC[S@@](=O)c1ccccc1)NC(=O)[C@@H]1CCCO1. The van der Waals surface area contributed by atoms with Crippen molar-refractivity contribution < 1.29 is 23.6 Å². The van der Waals surface area contributed by atoms with Crippen LogP contribution in [0, 0.1) is 0 Å². The van der Waals surface area contributed by atoms with Crippen LogP contribution >= 0.6 is 0 Å². The number of nitrogens with one attached hydrogen (secondary N) is 1. The summed E-state index contributed by atoms with van der Waals surface area (Å²) in [5.41, 5.74) is 0. The summed E-state index contributed by atoms with van der Waals surface area (Å²) < 4.78 is 17.3. The lowest BCUT2D eigenvalue weighted by atomic mass is 10.2. The van der Waals surface area contributed by atoms with E-state index in [1.807, 2.05) is 6.07 Å². The molecule has 1 aliphatic heterocycles. The van der Waals surface area contributed by atoms with E-state index in [4.69, 9.17) is 4.74 Å². The Morgan fingerprint density at radius 3 is 2.68 bits per heavy atom. The first kappa shape index (κ1) is 16.6. The van der Waals surface area contributed by atoms with Crippen molar-refractivity contribution in [2.75, 3.05) is 12.4 Å². The van der Waals surface area contributed by atoms with Crippen LogP contribution in [-0.4, -0.2) is 45.7 Å². The molecule has 3 atom stereocenters. The highest BCUT2D eigenvalue weighted by Crippen LogP contribution is 2.13. The summed E-state index contributed by atoms with van der Waals surface area (Å²) in [5, 5.41) is 11.7. The lowest BCUT2D eigenvalue weighted by Crippen LogP contribution is -2.45. The molecule has 120 valence electrons. The van der Waals surface area contributed by atoms with E-state index >= 15 is 0 Å². The lowest BCUT2D eigenvalue weighted by Gasteiger charge is -2.17. The zero-order chi connectivity index (χ0) is 15.9. The van der Waals surface area contributed by atoms with Gasteiger partial charge in [-0.3, -0.25) is 9.00 Å². The first-order valence-corrected chi connectivity index (χ1v) is 8.48. The maximum atomic E-state index is 12.1. The molecule has 0 radical (unpaired) electrons. The molecule has 1 amide bonds. The second-order valence-electron chi connectivity index (χ2n) is 5.05. The molecule has 1 heterocycles. The van der Waals surface area contributed by atoms with Gasteiger partial charge in [-0.2, -0.15) is 0 Å². The van der Waals surface area contributed by atoms with Crippen LogP contribution in [-0.2, 0) is 25.1 Å². The highest BCUT2D eigenvalue weighted by atomic mass is 32.2. The Hall–Kier alpha value is -1.73. The molecule has 0 aliphatic carbocycles. The van der Waals surface area contributed by atoms with Gasteiger partial charge in [-0.05, 0) is 31.4 Å². The molecular weight excluding hydrogens is 306 g/mol. The van der Waals surface area contributed by atoms with Crippen LogP contribution in [0.15, 0.2) is 35.2 Å². The van der Waals surface area contributed by atoms with Crippen molar-refractivity contribution in [3.8, 4) is 0 Å². The summed E-state index contributed by atoms with van der Waals surface area (Å²) in [5.74, 6) is -1.36. The van der Waals surface area contributed by atoms with Gasteiger partial charge in [-0.1, -0.05) is 18.2 Å². The minimum atomic E-state index is -1.28. The van der Waals surface area contributed by atoms with Gasteiger partial charge in [-0.25, -0.2) is 4.79 Å². The van der Waals surface area contributed by atoms with Gasteiger partial charge in [0.25, 0.3) is 0 Å². The molecule has 22 heavy (non-hydrogen) atoms. The molecule has 2 N–H and O–H groups in total. The van der Waals surface area contributed by atoms with Crippen LogP contribution in [0.2, 0.25) is 0 Å². The van der Waals surface area contributed by atoms with E-state index in [-0.39, 0.29) is 12.2 Å². The highest BCUT2D eigenvalue weighted by Gasteiger charge is 2.28. The number of carboxylic acids is 1. The fraction of sp³-hybridized carbons (Fsp3) is 0.467. The highest BCUT2D eigenvalue weighted by molar-refractivity contribution is 7.85. The third-order valence-electron chi connectivity index (χ3n) is 3.43. The number of carboxylic acid groups (broad SMARTS) is 1. The van der Waals surface area contributed by atoms with E-state index in [0.29, 0.717) is 17.9 Å². The summed E-state index contributed by atoms with van der Waals surface area (Å²) in [6.45, 7) is 0.522. The van der Waals surface area contributed by atoms with Gasteiger partial charge in [0.2, 0.25) is 5.91 Å². The van der Waals surface area contributed by atoms with Crippen LogP contribution < -0.4 is 5.32 Å². The van der Waals surface area contributed by atoms with Crippen LogP contribution in [0.3, 0.4) is 0 Å². The quantitative estimate of drug-likeness (QED) is 0.778. The molecule has 6 nitrogen and oxygen atoms in total. The smallest absolute Gasteiger partial charge is 0.326 e. The summed E-state index contributed by atoms with van der Waals surface area (Å²) in [6, 6.07) is 7.79. The molecular formula is C15H19NO5S. The van der Waals surface area contributed by atoms with E-state index in [0.717, 1.165) is 6.42 Å². The van der Waals surface area contributed by atoms with Crippen LogP contribution in [0.4, 0.5) is 0 Å². The van der Waals surface area contributed by atoms with Gasteiger partial charge in [-0.15, -0.1) is 0 Å². The molecule has 1 fully saturated rings. The summed E-state index contributed by atoms with van der Waals surface area (Å²) in [6.07, 6.45) is 0.943. The van der Waals surface area contributed by atoms with E-state index < -0.39 is 34.8 Å². The van der Waals surface area contributed by atoms with Gasteiger partial charge >= 0.3 is 5.97 Å². The maximum absolute atomic E-state index is 12.1. The number of amides is 1. The molecule has 1 aromatic carbocycles. The Balaban J connectivity index is 1.87. The fourth-order valence-corrected chi connectivity index (χ4v) is 3.37. The lowest BCUT2D eigenvalue weighted by molar-refractivity contribution is -0.143. The van der Waals surface area contributed by atoms with Gasteiger partial charge < -0.3 is 15.2 Å². The van der Waals surface area contributed by atoms with Crippen molar-refractivity contribution in [1.82, 2.24) is 5.32 Å². The average molecular weight is 325 g/mol. The molecule has 7 heteroatoms. The Bertz CT molecular complexity index is 542. The van der Waals surface area contributed by atoms with Gasteiger partial charge in [0, 0.05) is 17.3 Å². The third-order valence-corrected chi connectivity index (χ3v) is 4.84. The molecule has 0 aromatic heterocycles.